The van der Waals surface area contributed by atoms with Gasteiger partial charge in [-0.25, -0.2) is 0 Å². The Morgan fingerprint density at radius 2 is 2.29 bits per heavy atom. The lowest BCUT2D eigenvalue weighted by Crippen LogP contribution is -2.39. The predicted molar refractivity (Wildman–Crippen MR) is 69.8 cm³/mol. The van der Waals surface area contributed by atoms with Crippen LogP contribution in [0.1, 0.15) is 18.4 Å². The molecule has 1 unspecified atom stereocenters. The van der Waals surface area contributed by atoms with Crippen LogP contribution < -0.4 is 0 Å². The molecule has 0 spiro atoms. The summed E-state index contributed by atoms with van der Waals surface area (Å²) >= 11 is 3.42. The van der Waals surface area contributed by atoms with Crippen molar-refractivity contribution in [3.8, 4) is 0 Å². The summed E-state index contributed by atoms with van der Waals surface area (Å²) < 4.78 is 1.03. The number of aliphatic carboxylic acids is 1. The van der Waals surface area contributed by atoms with Crippen LogP contribution >= 0.6 is 15.9 Å². The van der Waals surface area contributed by atoms with Gasteiger partial charge in [-0.05, 0) is 43.5 Å². The van der Waals surface area contributed by atoms with E-state index in [0.29, 0.717) is 12.5 Å². The first-order valence-corrected chi connectivity index (χ1v) is 6.54. The molecule has 1 aromatic rings. The Kier molecular flexibility index (Phi) is 3.84. The molecule has 0 heterocycles. The zero-order valence-corrected chi connectivity index (χ0v) is 11.4. The maximum atomic E-state index is 11.2. The molecular weight excluding hydrogens is 282 g/mol. The van der Waals surface area contributed by atoms with E-state index in [1.807, 2.05) is 36.2 Å². The second-order valence-electron chi connectivity index (χ2n) is 4.67. The van der Waals surface area contributed by atoms with E-state index in [0.717, 1.165) is 22.9 Å². The van der Waals surface area contributed by atoms with Gasteiger partial charge in [0.05, 0.1) is 0 Å². The minimum Gasteiger partial charge on any atom is -0.480 e. The van der Waals surface area contributed by atoms with Gasteiger partial charge in [-0.2, -0.15) is 0 Å². The summed E-state index contributed by atoms with van der Waals surface area (Å²) in [5.74, 6) is -0.366. The highest BCUT2D eigenvalue weighted by atomic mass is 79.9. The first-order valence-electron chi connectivity index (χ1n) is 5.75. The van der Waals surface area contributed by atoms with Crippen LogP contribution in [0.3, 0.4) is 0 Å². The van der Waals surface area contributed by atoms with Crippen molar-refractivity contribution in [1.29, 1.82) is 0 Å². The van der Waals surface area contributed by atoms with E-state index in [1.54, 1.807) is 0 Å². The number of nitrogens with zero attached hydrogens (tertiary/aromatic N) is 1. The van der Waals surface area contributed by atoms with Crippen molar-refractivity contribution in [3.63, 3.8) is 0 Å². The summed E-state index contributed by atoms with van der Waals surface area (Å²) in [4.78, 5) is 13.2. The molecule has 17 heavy (non-hydrogen) atoms. The highest BCUT2D eigenvalue weighted by Crippen LogP contribution is 2.35. The molecule has 1 N–H and O–H groups in total. The zero-order chi connectivity index (χ0) is 12.4. The van der Waals surface area contributed by atoms with Crippen LogP contribution in [0.4, 0.5) is 0 Å². The first kappa shape index (κ1) is 12.6. The van der Waals surface area contributed by atoms with Crippen molar-refractivity contribution in [1.82, 2.24) is 4.90 Å². The number of carbonyl (C=O) groups is 1. The summed E-state index contributed by atoms with van der Waals surface area (Å²) in [6.07, 6.45) is 2.08. The number of likely N-dealkylation sites (N-methyl/N-ethyl adjacent to an activating group) is 1. The van der Waals surface area contributed by atoms with Crippen molar-refractivity contribution >= 4 is 21.9 Å². The average molecular weight is 298 g/mol. The summed E-state index contributed by atoms with van der Waals surface area (Å²) in [6, 6.07) is 7.66. The highest BCUT2D eigenvalue weighted by Gasteiger charge is 2.38. The molecule has 0 radical (unpaired) electrons. The van der Waals surface area contributed by atoms with Gasteiger partial charge in [0, 0.05) is 11.0 Å². The van der Waals surface area contributed by atoms with Crippen molar-refractivity contribution in [2.24, 2.45) is 5.92 Å². The summed E-state index contributed by atoms with van der Waals surface area (Å²) in [7, 11) is 1.89. The molecule has 0 saturated heterocycles. The van der Waals surface area contributed by atoms with Crippen LogP contribution in [0.15, 0.2) is 28.7 Å². The van der Waals surface area contributed by atoms with E-state index in [2.05, 4.69) is 15.9 Å². The Bertz CT molecular complexity index is 418. The van der Waals surface area contributed by atoms with Gasteiger partial charge in [-0.1, -0.05) is 28.1 Å². The fourth-order valence-electron chi connectivity index (χ4n) is 2.18. The van der Waals surface area contributed by atoms with Crippen LogP contribution in [0.25, 0.3) is 0 Å². The molecule has 1 saturated carbocycles. The summed E-state index contributed by atoms with van der Waals surface area (Å²) in [5, 5.41) is 9.24. The monoisotopic (exact) mass is 297 g/mol. The van der Waals surface area contributed by atoms with Crippen LogP contribution in [0.5, 0.6) is 0 Å². The molecule has 0 aromatic heterocycles. The van der Waals surface area contributed by atoms with E-state index >= 15 is 0 Å². The minimum absolute atomic E-state index is 0.338. The van der Waals surface area contributed by atoms with Gasteiger partial charge in [-0.15, -0.1) is 0 Å². The Balaban J connectivity index is 2.04. The maximum Gasteiger partial charge on any atom is 0.321 e. The van der Waals surface area contributed by atoms with Crippen LogP contribution in [0.2, 0.25) is 0 Å². The molecule has 1 aliphatic rings. The van der Waals surface area contributed by atoms with Gasteiger partial charge < -0.3 is 5.11 Å². The van der Waals surface area contributed by atoms with Gasteiger partial charge >= 0.3 is 5.97 Å². The number of rotatable bonds is 5. The molecule has 1 fully saturated rings. The van der Waals surface area contributed by atoms with E-state index < -0.39 is 5.97 Å². The van der Waals surface area contributed by atoms with Gasteiger partial charge in [-0.3, -0.25) is 9.69 Å². The molecular formula is C13H16BrNO2. The van der Waals surface area contributed by atoms with Gasteiger partial charge in [0.25, 0.3) is 0 Å². The van der Waals surface area contributed by atoms with Gasteiger partial charge in [0.1, 0.15) is 6.04 Å². The number of benzene rings is 1. The second-order valence-corrected chi connectivity index (χ2v) is 5.58. The number of halogens is 1. The lowest BCUT2D eigenvalue weighted by Gasteiger charge is -2.24. The smallest absolute Gasteiger partial charge is 0.321 e. The quantitative estimate of drug-likeness (QED) is 0.908. The third kappa shape index (κ3) is 3.30. The topological polar surface area (TPSA) is 40.5 Å². The average Bonchev–Trinajstić information content (AvgIpc) is 3.01. The lowest BCUT2D eigenvalue weighted by atomic mass is 10.1. The van der Waals surface area contributed by atoms with Crippen molar-refractivity contribution in [2.45, 2.75) is 25.4 Å². The largest absolute Gasteiger partial charge is 0.480 e. The number of hydrogen-bond donors (Lipinski definition) is 1. The predicted octanol–water partition coefficient (Wildman–Crippen LogP) is 2.74. The molecule has 0 aliphatic heterocycles. The molecule has 3 nitrogen and oxygen atoms in total. The van der Waals surface area contributed by atoms with Crippen LogP contribution in [0, 0.1) is 5.92 Å². The fourth-order valence-corrected chi connectivity index (χ4v) is 2.63. The Morgan fingerprint density at radius 1 is 1.59 bits per heavy atom. The zero-order valence-electron chi connectivity index (χ0n) is 9.77. The Labute approximate surface area is 110 Å². The Hall–Kier alpha value is -0.870. The fraction of sp³-hybridized carbons (Fsp3) is 0.462. The lowest BCUT2D eigenvalue weighted by molar-refractivity contribution is -0.143. The maximum absolute atomic E-state index is 11.2. The van der Waals surface area contributed by atoms with Gasteiger partial charge in [0.15, 0.2) is 0 Å². The molecule has 1 aliphatic carbocycles. The molecule has 1 atom stereocenters. The van der Waals surface area contributed by atoms with Crippen LogP contribution in [-0.2, 0) is 11.3 Å². The van der Waals surface area contributed by atoms with Gasteiger partial charge in [0.2, 0.25) is 0 Å². The van der Waals surface area contributed by atoms with E-state index in [1.165, 1.54) is 0 Å². The SMILES string of the molecule is CN(Cc1cccc(Br)c1)C(C(=O)O)C1CC1. The van der Waals surface area contributed by atoms with Crippen molar-refractivity contribution in [3.05, 3.63) is 34.3 Å². The van der Waals surface area contributed by atoms with E-state index in [-0.39, 0.29) is 6.04 Å². The number of carboxylic acid groups (broad SMARTS) is 1. The highest BCUT2D eigenvalue weighted by molar-refractivity contribution is 9.10. The third-order valence-corrected chi connectivity index (χ3v) is 3.61. The van der Waals surface area contributed by atoms with Crippen molar-refractivity contribution in [2.75, 3.05) is 7.05 Å². The van der Waals surface area contributed by atoms with E-state index in [4.69, 9.17) is 0 Å². The molecule has 1 aromatic carbocycles. The number of carboxylic acids is 1. The molecule has 92 valence electrons. The molecule has 2 rings (SSSR count). The van der Waals surface area contributed by atoms with Crippen molar-refractivity contribution < 1.29 is 9.90 Å². The normalized spacial score (nSPS) is 17.1. The standard InChI is InChI=1S/C13H16BrNO2/c1-15(12(13(16)17)10-5-6-10)8-9-3-2-4-11(14)7-9/h2-4,7,10,12H,5-6,8H2,1H3,(H,16,17). The first-order chi connectivity index (χ1) is 8.08. The molecule has 0 amide bonds. The third-order valence-electron chi connectivity index (χ3n) is 3.12. The Morgan fingerprint density at radius 3 is 2.82 bits per heavy atom. The van der Waals surface area contributed by atoms with Crippen LogP contribution in [-0.4, -0.2) is 29.1 Å². The number of hydrogen-bond acceptors (Lipinski definition) is 2. The summed E-state index contributed by atoms with van der Waals surface area (Å²) in [6.45, 7) is 0.674. The molecule has 4 heteroatoms. The molecule has 0 bridgehead atoms. The second kappa shape index (κ2) is 5.19. The van der Waals surface area contributed by atoms with E-state index in [9.17, 15) is 9.90 Å². The summed E-state index contributed by atoms with van der Waals surface area (Å²) in [5.41, 5.74) is 1.13. The minimum atomic E-state index is -0.704.